The van der Waals surface area contributed by atoms with Crippen molar-refractivity contribution in [3.8, 4) is 0 Å². The molecule has 0 amide bonds. The van der Waals surface area contributed by atoms with Crippen molar-refractivity contribution < 1.29 is 0 Å². The van der Waals surface area contributed by atoms with Crippen molar-refractivity contribution >= 4 is 34.8 Å². The monoisotopic (exact) mass is 290 g/mol. The minimum absolute atomic E-state index is 0.813. The Bertz CT molecular complexity index is 703. The predicted octanol–water partition coefficient (Wildman–Crippen LogP) is 2.88. The van der Waals surface area contributed by atoms with Crippen molar-refractivity contribution in [3.63, 3.8) is 0 Å². The summed E-state index contributed by atoms with van der Waals surface area (Å²) in [5.74, 6) is 0. The van der Waals surface area contributed by atoms with E-state index in [2.05, 4.69) is 37.1 Å². The van der Waals surface area contributed by atoms with Crippen molar-refractivity contribution in [3.05, 3.63) is 77.5 Å². The summed E-state index contributed by atoms with van der Waals surface area (Å²) in [5, 5.41) is 0.813. The zero-order valence-electron chi connectivity index (χ0n) is 12.1. The van der Waals surface area contributed by atoms with Crippen LogP contribution in [0.5, 0.6) is 0 Å². The standard InChI is InChI=1S/C17H15BN2S/c1-12-16(18)21-17(19-12)20-15(13-8-4-2-5-9-13)14-10-6-3-7-11-14/h2-11H,18H2,1H3. The van der Waals surface area contributed by atoms with Gasteiger partial charge in [0.2, 0.25) is 5.13 Å². The first-order valence-corrected chi connectivity index (χ1v) is 7.69. The fraction of sp³-hybridized carbons (Fsp3) is 0.0588. The van der Waals surface area contributed by atoms with E-state index < -0.39 is 0 Å². The molecule has 1 heterocycles. The second-order valence-corrected chi connectivity index (χ2v) is 6.01. The molecule has 0 fully saturated rings. The predicted molar refractivity (Wildman–Crippen MR) is 93.2 cm³/mol. The van der Waals surface area contributed by atoms with Crippen LogP contribution in [-0.4, -0.2) is 18.5 Å². The van der Waals surface area contributed by atoms with Crippen LogP contribution in [0, 0.1) is 6.92 Å². The van der Waals surface area contributed by atoms with Crippen molar-refractivity contribution in [2.24, 2.45) is 4.99 Å². The van der Waals surface area contributed by atoms with Crippen molar-refractivity contribution in [1.29, 1.82) is 0 Å². The Labute approximate surface area is 129 Å². The Hall–Kier alpha value is -2.20. The Balaban J connectivity index is 2.13. The van der Waals surface area contributed by atoms with Gasteiger partial charge in [-0.2, -0.15) is 0 Å². The number of hydrogen-bond acceptors (Lipinski definition) is 3. The topological polar surface area (TPSA) is 25.2 Å². The van der Waals surface area contributed by atoms with Crippen LogP contribution in [0.25, 0.3) is 0 Å². The molecular formula is C17H15BN2S. The van der Waals surface area contributed by atoms with Gasteiger partial charge in [0.1, 0.15) is 0 Å². The molecule has 0 saturated heterocycles. The van der Waals surface area contributed by atoms with Crippen LogP contribution in [-0.2, 0) is 0 Å². The van der Waals surface area contributed by atoms with Crippen molar-refractivity contribution in [2.75, 3.05) is 0 Å². The molecule has 2 nitrogen and oxygen atoms in total. The van der Waals surface area contributed by atoms with E-state index in [-0.39, 0.29) is 0 Å². The van der Waals surface area contributed by atoms with E-state index in [9.17, 15) is 0 Å². The molecule has 3 aromatic rings. The average molecular weight is 290 g/mol. The SMILES string of the molecule is Bc1sc(N=C(c2ccccc2)c2ccccc2)nc1C. The highest BCUT2D eigenvalue weighted by atomic mass is 32.1. The smallest absolute Gasteiger partial charge is 0.209 e. The highest BCUT2D eigenvalue weighted by molar-refractivity contribution is 7.23. The van der Waals surface area contributed by atoms with Gasteiger partial charge in [0.25, 0.3) is 0 Å². The van der Waals surface area contributed by atoms with Crippen LogP contribution in [0.3, 0.4) is 0 Å². The van der Waals surface area contributed by atoms with Crippen LogP contribution < -0.4 is 4.78 Å². The third kappa shape index (κ3) is 3.11. The third-order valence-electron chi connectivity index (χ3n) is 3.32. The summed E-state index contributed by atoms with van der Waals surface area (Å²) >= 11 is 1.63. The molecule has 0 N–H and O–H groups in total. The van der Waals surface area contributed by atoms with Crippen LogP contribution in [0.15, 0.2) is 65.7 Å². The number of aromatic nitrogens is 1. The van der Waals surface area contributed by atoms with E-state index in [1.165, 1.54) is 4.78 Å². The lowest BCUT2D eigenvalue weighted by molar-refractivity contribution is 1.25. The first kappa shape index (κ1) is 13.8. The summed E-state index contributed by atoms with van der Waals surface area (Å²) < 4.78 is 1.22. The Morgan fingerprint density at radius 3 is 1.90 bits per heavy atom. The van der Waals surface area contributed by atoms with Gasteiger partial charge in [-0.15, -0.1) is 11.3 Å². The summed E-state index contributed by atoms with van der Waals surface area (Å²) in [6.45, 7) is 2.02. The lowest BCUT2D eigenvalue weighted by Gasteiger charge is -2.06. The first-order chi connectivity index (χ1) is 10.2. The number of hydrogen-bond donors (Lipinski definition) is 0. The molecule has 0 aliphatic carbocycles. The van der Waals surface area contributed by atoms with Crippen LogP contribution in [0.2, 0.25) is 0 Å². The van der Waals surface area contributed by atoms with E-state index in [0.717, 1.165) is 27.7 Å². The number of thiazole rings is 1. The van der Waals surface area contributed by atoms with Gasteiger partial charge in [-0.3, -0.25) is 0 Å². The van der Waals surface area contributed by atoms with Gasteiger partial charge in [-0.1, -0.05) is 60.7 Å². The normalized spacial score (nSPS) is 10.3. The van der Waals surface area contributed by atoms with Crippen LogP contribution in [0.4, 0.5) is 5.13 Å². The Morgan fingerprint density at radius 1 is 0.952 bits per heavy atom. The third-order valence-corrected chi connectivity index (χ3v) is 4.29. The van der Waals surface area contributed by atoms with E-state index in [1.54, 1.807) is 11.3 Å². The maximum atomic E-state index is 4.80. The molecule has 0 radical (unpaired) electrons. The molecule has 0 aliphatic rings. The average Bonchev–Trinajstić information content (AvgIpc) is 2.85. The molecular weight excluding hydrogens is 275 g/mol. The second kappa shape index (κ2) is 6.06. The van der Waals surface area contributed by atoms with Gasteiger partial charge < -0.3 is 0 Å². The molecule has 4 heteroatoms. The van der Waals surface area contributed by atoms with E-state index in [4.69, 9.17) is 4.99 Å². The van der Waals surface area contributed by atoms with E-state index in [0.29, 0.717) is 0 Å². The van der Waals surface area contributed by atoms with Gasteiger partial charge in [-0.05, 0) is 11.7 Å². The Kier molecular flexibility index (Phi) is 3.97. The zero-order chi connectivity index (χ0) is 14.7. The van der Waals surface area contributed by atoms with Crippen molar-refractivity contribution in [1.82, 2.24) is 4.98 Å². The number of aliphatic imine (C=N–C) groups is 1. The van der Waals surface area contributed by atoms with Gasteiger partial charge in [-0.25, -0.2) is 9.98 Å². The minimum Gasteiger partial charge on any atom is -0.224 e. The maximum absolute atomic E-state index is 4.80. The van der Waals surface area contributed by atoms with Crippen molar-refractivity contribution in [2.45, 2.75) is 6.92 Å². The maximum Gasteiger partial charge on any atom is 0.209 e. The summed E-state index contributed by atoms with van der Waals surface area (Å²) in [4.78, 5) is 9.34. The van der Waals surface area contributed by atoms with Gasteiger partial charge >= 0.3 is 0 Å². The molecule has 0 bridgehead atoms. The van der Waals surface area contributed by atoms with Gasteiger partial charge in [0, 0.05) is 16.8 Å². The van der Waals surface area contributed by atoms with Crippen LogP contribution in [0.1, 0.15) is 16.8 Å². The lowest BCUT2D eigenvalue weighted by Crippen LogP contribution is -2.02. The summed E-state index contributed by atoms with van der Waals surface area (Å²) in [6, 6.07) is 20.5. The van der Waals surface area contributed by atoms with Gasteiger partial charge in [0.05, 0.1) is 5.71 Å². The molecule has 0 saturated carbocycles. The molecule has 0 unspecified atom stereocenters. The molecule has 21 heavy (non-hydrogen) atoms. The van der Waals surface area contributed by atoms with Gasteiger partial charge in [0.15, 0.2) is 7.85 Å². The molecule has 0 atom stereocenters. The number of benzene rings is 2. The highest BCUT2D eigenvalue weighted by Crippen LogP contribution is 2.20. The fourth-order valence-corrected chi connectivity index (χ4v) is 2.87. The summed E-state index contributed by atoms with van der Waals surface area (Å²) in [6.07, 6.45) is 0. The second-order valence-electron chi connectivity index (χ2n) is 4.83. The minimum atomic E-state index is 0.813. The molecule has 102 valence electrons. The molecule has 0 spiro atoms. The number of aryl methyl sites for hydroxylation is 1. The number of rotatable bonds is 3. The zero-order valence-corrected chi connectivity index (χ0v) is 12.9. The quantitative estimate of drug-likeness (QED) is 0.538. The van der Waals surface area contributed by atoms with Crippen LogP contribution >= 0.6 is 11.3 Å². The highest BCUT2D eigenvalue weighted by Gasteiger charge is 2.09. The fourth-order valence-electron chi connectivity index (χ4n) is 2.09. The molecule has 3 rings (SSSR count). The summed E-state index contributed by atoms with van der Waals surface area (Å²) in [7, 11) is 2.08. The summed E-state index contributed by atoms with van der Waals surface area (Å²) in [5.41, 5.74) is 4.23. The Morgan fingerprint density at radius 2 is 1.48 bits per heavy atom. The van der Waals surface area contributed by atoms with E-state index in [1.807, 2.05) is 43.3 Å². The molecule has 0 aliphatic heterocycles. The number of nitrogens with zero attached hydrogens (tertiary/aromatic N) is 2. The lowest BCUT2D eigenvalue weighted by atomic mass is 10.0. The molecule has 2 aromatic carbocycles. The largest absolute Gasteiger partial charge is 0.224 e. The molecule has 1 aromatic heterocycles. The van der Waals surface area contributed by atoms with E-state index >= 15 is 0 Å². The first-order valence-electron chi connectivity index (χ1n) is 6.87.